The first-order chi connectivity index (χ1) is 15.7. The number of nitrogens with zero attached hydrogens (tertiary/aromatic N) is 3. The van der Waals surface area contributed by atoms with Gasteiger partial charge in [0.15, 0.2) is 0 Å². The van der Waals surface area contributed by atoms with E-state index in [0.29, 0.717) is 19.4 Å². The second-order valence-electron chi connectivity index (χ2n) is 8.59. The highest BCUT2D eigenvalue weighted by Gasteiger charge is 2.27. The quantitative estimate of drug-likeness (QED) is 0.443. The molecule has 1 aliphatic heterocycles. The molecule has 5 heteroatoms. The molecule has 5 nitrogen and oxygen atoms in total. The molecule has 0 spiro atoms. The standard InChI is InChI=1S/C27H28N4O/c1-19-5-3-6-21(11-19)24-12-22-8-10-28-14-26(22)27(13-24)30-25-15-31(16-25)18-32-17-23-7-4-9-29-20(23)2/h3-14,25,30H,15-18H2,1-2H3. The average Bonchev–Trinajstić information content (AvgIpc) is 2.78. The van der Waals surface area contributed by atoms with E-state index in [9.17, 15) is 0 Å². The monoisotopic (exact) mass is 424 g/mol. The highest BCUT2D eigenvalue weighted by Crippen LogP contribution is 2.32. The molecule has 1 saturated heterocycles. The van der Waals surface area contributed by atoms with Crippen LogP contribution in [0.1, 0.15) is 16.8 Å². The van der Waals surface area contributed by atoms with Crippen molar-refractivity contribution in [2.24, 2.45) is 0 Å². The third-order valence-electron chi connectivity index (χ3n) is 6.07. The predicted molar refractivity (Wildman–Crippen MR) is 130 cm³/mol. The van der Waals surface area contributed by atoms with Crippen molar-refractivity contribution >= 4 is 16.5 Å². The number of aryl methyl sites for hydroxylation is 2. The highest BCUT2D eigenvalue weighted by molar-refractivity contribution is 5.97. The maximum Gasteiger partial charge on any atom is 0.0996 e. The molecule has 0 radical (unpaired) electrons. The molecule has 1 fully saturated rings. The van der Waals surface area contributed by atoms with Crippen LogP contribution in [0.2, 0.25) is 0 Å². The van der Waals surface area contributed by atoms with Gasteiger partial charge in [0.05, 0.1) is 19.4 Å². The van der Waals surface area contributed by atoms with Crippen LogP contribution in [0.25, 0.3) is 21.9 Å². The Labute approximate surface area is 189 Å². The van der Waals surface area contributed by atoms with Crippen molar-refractivity contribution in [3.63, 3.8) is 0 Å². The Hall–Kier alpha value is -3.28. The van der Waals surface area contributed by atoms with Gasteiger partial charge in [0.2, 0.25) is 0 Å². The highest BCUT2D eigenvalue weighted by atomic mass is 16.5. The zero-order valence-corrected chi connectivity index (χ0v) is 18.6. The van der Waals surface area contributed by atoms with E-state index in [4.69, 9.17) is 4.74 Å². The van der Waals surface area contributed by atoms with Crippen molar-refractivity contribution in [3.8, 4) is 11.1 Å². The molecule has 4 aromatic rings. The summed E-state index contributed by atoms with van der Waals surface area (Å²) >= 11 is 0. The van der Waals surface area contributed by atoms with E-state index in [1.165, 1.54) is 22.1 Å². The topological polar surface area (TPSA) is 50.3 Å². The minimum absolute atomic E-state index is 0.398. The number of ether oxygens (including phenoxy) is 1. The molecule has 0 atom stereocenters. The van der Waals surface area contributed by atoms with E-state index in [1.807, 2.05) is 31.6 Å². The molecule has 2 aromatic heterocycles. The van der Waals surface area contributed by atoms with Gasteiger partial charge in [0.1, 0.15) is 0 Å². The number of benzene rings is 2. The van der Waals surface area contributed by atoms with Crippen LogP contribution >= 0.6 is 0 Å². The van der Waals surface area contributed by atoms with E-state index in [2.05, 4.69) is 75.6 Å². The largest absolute Gasteiger partial charge is 0.379 e. The molecule has 1 N–H and O–H groups in total. The average molecular weight is 425 g/mol. The van der Waals surface area contributed by atoms with Crippen molar-refractivity contribution in [2.45, 2.75) is 26.5 Å². The van der Waals surface area contributed by atoms with Crippen LogP contribution in [0.4, 0.5) is 5.69 Å². The van der Waals surface area contributed by atoms with Crippen LogP contribution in [-0.2, 0) is 11.3 Å². The lowest BCUT2D eigenvalue weighted by molar-refractivity contribution is -0.0166. The van der Waals surface area contributed by atoms with Crippen LogP contribution in [0.5, 0.6) is 0 Å². The molecule has 0 amide bonds. The number of anilines is 1. The molecule has 32 heavy (non-hydrogen) atoms. The maximum absolute atomic E-state index is 5.91. The Morgan fingerprint density at radius 2 is 1.91 bits per heavy atom. The van der Waals surface area contributed by atoms with Crippen molar-refractivity contribution in [1.82, 2.24) is 14.9 Å². The molecular formula is C27H28N4O. The molecule has 5 rings (SSSR count). The van der Waals surface area contributed by atoms with Crippen LogP contribution in [0.3, 0.4) is 0 Å². The summed E-state index contributed by atoms with van der Waals surface area (Å²) in [7, 11) is 0. The van der Waals surface area contributed by atoms with Crippen LogP contribution < -0.4 is 5.32 Å². The maximum atomic E-state index is 5.91. The summed E-state index contributed by atoms with van der Waals surface area (Å²) < 4.78 is 5.91. The van der Waals surface area contributed by atoms with Gasteiger partial charge in [-0.3, -0.25) is 14.9 Å². The Bertz CT molecular complexity index is 1230. The minimum atomic E-state index is 0.398. The Morgan fingerprint density at radius 1 is 1.00 bits per heavy atom. The van der Waals surface area contributed by atoms with E-state index in [0.717, 1.165) is 35.4 Å². The summed E-state index contributed by atoms with van der Waals surface area (Å²) in [5.41, 5.74) is 7.05. The summed E-state index contributed by atoms with van der Waals surface area (Å²) in [4.78, 5) is 11.0. The van der Waals surface area contributed by atoms with Crippen molar-refractivity contribution in [2.75, 3.05) is 25.1 Å². The van der Waals surface area contributed by atoms with Crippen molar-refractivity contribution < 1.29 is 4.74 Å². The van der Waals surface area contributed by atoms with Gasteiger partial charge >= 0.3 is 0 Å². The second-order valence-corrected chi connectivity index (χ2v) is 8.59. The number of hydrogen-bond donors (Lipinski definition) is 1. The van der Waals surface area contributed by atoms with Gasteiger partial charge in [-0.1, -0.05) is 35.9 Å². The van der Waals surface area contributed by atoms with Gasteiger partial charge in [-0.2, -0.15) is 0 Å². The molecule has 0 unspecified atom stereocenters. The summed E-state index contributed by atoms with van der Waals surface area (Å²) in [5, 5.41) is 6.11. The lowest BCUT2D eigenvalue weighted by atomic mass is 9.98. The number of aromatic nitrogens is 2. The van der Waals surface area contributed by atoms with Crippen LogP contribution in [0, 0.1) is 13.8 Å². The van der Waals surface area contributed by atoms with Crippen molar-refractivity contribution in [1.29, 1.82) is 0 Å². The van der Waals surface area contributed by atoms with E-state index >= 15 is 0 Å². The Balaban J connectivity index is 1.24. The summed E-state index contributed by atoms with van der Waals surface area (Å²) in [5.74, 6) is 0. The normalized spacial score (nSPS) is 14.4. The molecule has 2 aromatic carbocycles. The first-order valence-corrected chi connectivity index (χ1v) is 11.1. The van der Waals surface area contributed by atoms with Gasteiger partial charge in [0.25, 0.3) is 0 Å². The third kappa shape index (κ3) is 4.49. The van der Waals surface area contributed by atoms with E-state index < -0.39 is 0 Å². The zero-order chi connectivity index (χ0) is 21.9. The summed E-state index contributed by atoms with van der Waals surface area (Å²) in [6.07, 6.45) is 5.63. The molecule has 0 aliphatic carbocycles. The second kappa shape index (κ2) is 9.07. The fourth-order valence-electron chi connectivity index (χ4n) is 4.25. The first kappa shape index (κ1) is 20.6. The first-order valence-electron chi connectivity index (χ1n) is 11.1. The number of pyridine rings is 2. The van der Waals surface area contributed by atoms with Gasteiger partial charge < -0.3 is 10.1 Å². The fourth-order valence-corrected chi connectivity index (χ4v) is 4.25. The Kier molecular flexibility index (Phi) is 5.84. The molecular weight excluding hydrogens is 396 g/mol. The van der Waals surface area contributed by atoms with Gasteiger partial charge in [-0.25, -0.2) is 0 Å². The van der Waals surface area contributed by atoms with Crippen molar-refractivity contribution in [3.05, 3.63) is 90.0 Å². The van der Waals surface area contributed by atoms with E-state index in [-0.39, 0.29) is 0 Å². The molecule has 0 saturated carbocycles. The Morgan fingerprint density at radius 3 is 2.75 bits per heavy atom. The number of likely N-dealkylation sites (tertiary alicyclic amines) is 1. The molecule has 1 aliphatic rings. The molecule has 3 heterocycles. The zero-order valence-electron chi connectivity index (χ0n) is 18.6. The van der Waals surface area contributed by atoms with Gasteiger partial charge in [-0.15, -0.1) is 0 Å². The number of nitrogens with one attached hydrogen (secondary N) is 1. The SMILES string of the molecule is Cc1cccc(-c2cc(NC3CN(COCc4cccnc4C)C3)c3cnccc3c2)c1. The summed E-state index contributed by atoms with van der Waals surface area (Å²) in [6, 6.07) is 19.7. The fraction of sp³-hybridized carbons (Fsp3) is 0.259. The summed E-state index contributed by atoms with van der Waals surface area (Å²) in [6.45, 7) is 7.31. The third-order valence-corrected chi connectivity index (χ3v) is 6.07. The van der Waals surface area contributed by atoms with E-state index in [1.54, 1.807) is 0 Å². The lowest BCUT2D eigenvalue weighted by Gasteiger charge is -2.40. The minimum Gasteiger partial charge on any atom is -0.379 e. The number of hydrogen-bond acceptors (Lipinski definition) is 5. The van der Waals surface area contributed by atoms with Gasteiger partial charge in [-0.05, 0) is 60.2 Å². The molecule has 0 bridgehead atoms. The predicted octanol–water partition coefficient (Wildman–Crippen LogP) is 5.18. The van der Waals surface area contributed by atoms with Crippen LogP contribution in [0.15, 0.2) is 73.2 Å². The van der Waals surface area contributed by atoms with Gasteiger partial charge in [0, 0.05) is 48.4 Å². The molecule has 162 valence electrons. The number of rotatable bonds is 7. The van der Waals surface area contributed by atoms with Crippen LogP contribution in [-0.4, -0.2) is 40.7 Å². The lowest BCUT2D eigenvalue weighted by Crippen LogP contribution is -2.55. The smallest absolute Gasteiger partial charge is 0.0996 e. The number of fused-ring (bicyclic) bond motifs is 1.